The Labute approximate surface area is 170 Å². The molecule has 3 rings (SSSR count). The van der Waals surface area contributed by atoms with Crippen LogP contribution in [0.15, 0.2) is 30.3 Å². The highest BCUT2D eigenvalue weighted by Crippen LogP contribution is 2.50. The van der Waals surface area contributed by atoms with Gasteiger partial charge in [0.15, 0.2) is 5.60 Å². The van der Waals surface area contributed by atoms with Gasteiger partial charge in [-0.25, -0.2) is 0 Å². The molecular weight excluding hydrogens is 421 g/mol. The first-order valence-electron chi connectivity index (χ1n) is 9.59. The maximum atomic E-state index is 11.7. The molecule has 0 radical (unpaired) electrons. The molecule has 1 atom stereocenters. The lowest BCUT2D eigenvalue weighted by Crippen LogP contribution is -3.00. The highest BCUT2D eigenvalue weighted by atomic mass is 127. The fourth-order valence-electron chi connectivity index (χ4n) is 4.56. The molecule has 2 fully saturated rings. The van der Waals surface area contributed by atoms with Crippen molar-refractivity contribution >= 4 is 0 Å². The zero-order valence-corrected chi connectivity index (χ0v) is 17.9. The molecule has 3 heteroatoms. The molecule has 0 bridgehead atoms. The summed E-state index contributed by atoms with van der Waals surface area (Å²) in [6, 6.07) is 10.1. The number of rotatable bonds is 3. The van der Waals surface area contributed by atoms with Crippen LogP contribution in [0.5, 0.6) is 0 Å². The van der Waals surface area contributed by atoms with Gasteiger partial charge in [0.25, 0.3) is 0 Å². The third-order valence-corrected chi connectivity index (χ3v) is 6.40. The van der Waals surface area contributed by atoms with Gasteiger partial charge in [-0.1, -0.05) is 56.0 Å². The van der Waals surface area contributed by atoms with Crippen LogP contribution in [-0.4, -0.2) is 36.3 Å². The van der Waals surface area contributed by atoms with E-state index in [9.17, 15) is 5.11 Å². The van der Waals surface area contributed by atoms with Crippen LogP contribution in [0.2, 0.25) is 0 Å². The van der Waals surface area contributed by atoms with Gasteiger partial charge in [0.1, 0.15) is 6.54 Å². The molecule has 25 heavy (non-hydrogen) atoms. The minimum Gasteiger partial charge on any atom is -1.00 e. The number of hydrogen-bond acceptors (Lipinski definition) is 1. The second-order valence-electron chi connectivity index (χ2n) is 8.43. The largest absolute Gasteiger partial charge is 1.00 e. The molecule has 1 saturated heterocycles. The Balaban J connectivity index is 0.00000225. The summed E-state index contributed by atoms with van der Waals surface area (Å²) in [6.45, 7) is 5.51. The third kappa shape index (κ3) is 4.40. The van der Waals surface area contributed by atoms with Crippen molar-refractivity contribution in [2.75, 3.05) is 26.7 Å². The smallest absolute Gasteiger partial charge is 0.156 e. The molecule has 0 amide bonds. The molecule has 1 aromatic rings. The summed E-state index contributed by atoms with van der Waals surface area (Å²) in [5, 5.41) is 11.7. The highest BCUT2D eigenvalue weighted by molar-refractivity contribution is 5.35. The molecule has 1 saturated carbocycles. The maximum Gasteiger partial charge on any atom is 0.156 e. The number of nitrogens with zero attached hydrogens (tertiary/aromatic N) is 1. The van der Waals surface area contributed by atoms with Crippen molar-refractivity contribution in [3.8, 4) is 11.8 Å². The van der Waals surface area contributed by atoms with E-state index in [0.29, 0.717) is 0 Å². The lowest BCUT2D eigenvalue weighted by molar-refractivity contribution is -0.907. The van der Waals surface area contributed by atoms with Crippen LogP contribution < -0.4 is 24.0 Å². The van der Waals surface area contributed by atoms with Crippen molar-refractivity contribution in [2.45, 2.75) is 57.5 Å². The van der Waals surface area contributed by atoms with E-state index in [2.05, 4.69) is 25.8 Å². The van der Waals surface area contributed by atoms with Crippen molar-refractivity contribution in [3.05, 3.63) is 35.9 Å². The molecule has 0 spiro atoms. The number of halogens is 1. The van der Waals surface area contributed by atoms with Crippen molar-refractivity contribution in [3.63, 3.8) is 0 Å². The van der Waals surface area contributed by atoms with Gasteiger partial charge in [-0.15, -0.1) is 0 Å². The van der Waals surface area contributed by atoms with E-state index < -0.39 is 5.60 Å². The lowest BCUT2D eigenvalue weighted by atomic mass is 9.68. The SMILES string of the molecule is CC1(C(O)(C#CC[N+]2(C)CCCCC2)c2ccccc2)CCCC1.[I-]. The average Bonchev–Trinajstić information content (AvgIpc) is 3.04. The Hall–Kier alpha value is -0.570. The van der Waals surface area contributed by atoms with E-state index in [0.717, 1.165) is 29.4 Å². The average molecular weight is 453 g/mol. The Kier molecular flexibility index (Phi) is 6.98. The molecule has 1 heterocycles. The van der Waals surface area contributed by atoms with Crippen molar-refractivity contribution < 1.29 is 33.6 Å². The Morgan fingerprint density at radius 3 is 2.24 bits per heavy atom. The highest BCUT2D eigenvalue weighted by Gasteiger charge is 2.48. The van der Waals surface area contributed by atoms with Crippen LogP contribution in [0.1, 0.15) is 57.4 Å². The van der Waals surface area contributed by atoms with Gasteiger partial charge in [-0.3, -0.25) is 0 Å². The zero-order valence-electron chi connectivity index (χ0n) is 15.7. The van der Waals surface area contributed by atoms with Gasteiger partial charge < -0.3 is 33.6 Å². The topological polar surface area (TPSA) is 20.2 Å². The van der Waals surface area contributed by atoms with Gasteiger partial charge in [-0.2, -0.15) is 0 Å². The molecule has 1 N–H and O–H groups in total. The van der Waals surface area contributed by atoms with E-state index in [1.165, 1.54) is 45.2 Å². The molecule has 1 unspecified atom stereocenters. The first-order valence-corrected chi connectivity index (χ1v) is 9.59. The van der Waals surface area contributed by atoms with Crippen LogP contribution in [0, 0.1) is 17.3 Å². The Bertz CT molecular complexity index is 606. The molecule has 1 aliphatic carbocycles. The fourth-order valence-corrected chi connectivity index (χ4v) is 4.56. The lowest BCUT2D eigenvalue weighted by Gasteiger charge is -2.40. The van der Waals surface area contributed by atoms with Gasteiger partial charge in [-0.05, 0) is 43.6 Å². The number of benzene rings is 1. The van der Waals surface area contributed by atoms with Gasteiger partial charge >= 0.3 is 0 Å². The van der Waals surface area contributed by atoms with Crippen molar-refractivity contribution in [1.82, 2.24) is 0 Å². The van der Waals surface area contributed by atoms with E-state index in [4.69, 9.17) is 0 Å². The minimum atomic E-state index is -1.03. The van der Waals surface area contributed by atoms with Crippen LogP contribution in [-0.2, 0) is 5.60 Å². The predicted molar refractivity (Wildman–Crippen MR) is 99.3 cm³/mol. The van der Waals surface area contributed by atoms with Crippen molar-refractivity contribution in [2.24, 2.45) is 5.41 Å². The van der Waals surface area contributed by atoms with E-state index in [-0.39, 0.29) is 29.4 Å². The van der Waals surface area contributed by atoms with Crippen LogP contribution in [0.25, 0.3) is 0 Å². The maximum absolute atomic E-state index is 11.7. The normalized spacial score (nSPS) is 23.6. The summed E-state index contributed by atoms with van der Waals surface area (Å²) in [7, 11) is 2.31. The van der Waals surface area contributed by atoms with Gasteiger partial charge in [0, 0.05) is 5.41 Å². The molecular formula is C22H32INO. The Morgan fingerprint density at radius 2 is 1.64 bits per heavy atom. The number of quaternary nitrogens is 1. The Morgan fingerprint density at radius 1 is 1.04 bits per heavy atom. The number of hydrogen-bond donors (Lipinski definition) is 1. The molecule has 2 nitrogen and oxygen atoms in total. The summed E-state index contributed by atoms with van der Waals surface area (Å²) in [5.74, 6) is 6.77. The summed E-state index contributed by atoms with van der Waals surface area (Å²) in [6.07, 6.45) is 8.46. The van der Waals surface area contributed by atoms with E-state index >= 15 is 0 Å². The monoisotopic (exact) mass is 453 g/mol. The third-order valence-electron chi connectivity index (χ3n) is 6.40. The predicted octanol–water partition coefficient (Wildman–Crippen LogP) is 1.09. The zero-order chi connectivity index (χ0) is 17.1. The summed E-state index contributed by atoms with van der Waals surface area (Å²) in [5.41, 5.74) is -0.204. The summed E-state index contributed by atoms with van der Waals surface area (Å²) >= 11 is 0. The number of likely N-dealkylation sites (tertiary alicyclic amines) is 1. The number of aliphatic hydroxyl groups is 1. The molecule has 0 aromatic heterocycles. The number of piperidine rings is 1. The van der Waals surface area contributed by atoms with E-state index in [1.54, 1.807) is 0 Å². The molecule has 138 valence electrons. The van der Waals surface area contributed by atoms with Crippen LogP contribution in [0.3, 0.4) is 0 Å². The molecule has 1 aromatic carbocycles. The summed E-state index contributed by atoms with van der Waals surface area (Å²) in [4.78, 5) is 0. The first kappa shape index (κ1) is 20.7. The van der Waals surface area contributed by atoms with Crippen LogP contribution in [0.4, 0.5) is 0 Å². The molecule has 1 aliphatic heterocycles. The minimum absolute atomic E-state index is 0. The standard InChI is InChI=1S/C22H32NO.HI/c1-21(14-7-8-15-21)22(24,20-12-5-3-6-13-20)16-11-19-23(2)17-9-4-10-18-23;/h3,5-6,12-13,24H,4,7-10,14-15,17-19H2,1-2H3;1H/q+1;/p-1. The van der Waals surface area contributed by atoms with Crippen LogP contribution >= 0.6 is 0 Å². The van der Waals surface area contributed by atoms with Crippen molar-refractivity contribution in [1.29, 1.82) is 0 Å². The first-order chi connectivity index (χ1) is 11.5. The second-order valence-corrected chi connectivity index (χ2v) is 8.43. The quantitative estimate of drug-likeness (QED) is 0.413. The van der Waals surface area contributed by atoms with Gasteiger partial charge in [0.2, 0.25) is 0 Å². The van der Waals surface area contributed by atoms with E-state index in [1.807, 2.05) is 30.3 Å². The second kappa shape index (κ2) is 8.41. The van der Waals surface area contributed by atoms with Gasteiger partial charge in [0.05, 0.1) is 20.1 Å². The summed E-state index contributed by atoms with van der Waals surface area (Å²) < 4.78 is 1.04. The molecule has 2 aliphatic rings. The fraction of sp³-hybridized carbons (Fsp3) is 0.636.